The molecule has 2 N–H and O–H groups in total. The first-order valence-corrected chi connectivity index (χ1v) is 8.53. The Bertz CT molecular complexity index is 789. The van der Waals surface area contributed by atoms with Gasteiger partial charge in [-0.05, 0) is 56.6 Å². The molecule has 2 saturated heterocycles. The number of fused-ring (bicyclic) bond motifs is 1. The molecule has 1 aromatic carbocycles. The van der Waals surface area contributed by atoms with Gasteiger partial charge >= 0.3 is 6.03 Å². The highest BCUT2D eigenvalue weighted by Crippen LogP contribution is 2.34. The minimum atomic E-state index is -0.340. The number of piperidine rings is 1. The molecule has 0 atom stereocenters. The van der Waals surface area contributed by atoms with Gasteiger partial charge in [0.25, 0.3) is 0 Å². The predicted octanol–water partition coefficient (Wildman–Crippen LogP) is 2.42. The minimum absolute atomic E-state index is 0.207. The molecule has 3 heterocycles. The Kier molecular flexibility index (Phi) is 3.76. The lowest BCUT2D eigenvalue weighted by Crippen LogP contribution is -2.49. The van der Waals surface area contributed by atoms with Crippen molar-refractivity contribution < 1.29 is 9.59 Å². The van der Waals surface area contributed by atoms with Crippen LogP contribution in [0.3, 0.4) is 0 Å². The highest BCUT2D eigenvalue weighted by Gasteiger charge is 2.25. The van der Waals surface area contributed by atoms with Crippen molar-refractivity contribution >= 4 is 28.5 Å². The van der Waals surface area contributed by atoms with Crippen molar-refractivity contribution in [1.82, 2.24) is 15.2 Å². The summed E-state index contributed by atoms with van der Waals surface area (Å²) in [7, 11) is 2.17. The van der Waals surface area contributed by atoms with Gasteiger partial charge in [-0.1, -0.05) is 6.07 Å². The number of aromatic amines is 1. The molecular formula is C18H22N4O2. The third-order valence-electron chi connectivity index (χ3n) is 5.22. The summed E-state index contributed by atoms with van der Waals surface area (Å²) in [5, 5.41) is 3.61. The average Bonchev–Trinajstić information content (AvgIpc) is 2.99. The summed E-state index contributed by atoms with van der Waals surface area (Å²) >= 11 is 0. The number of carbonyl (C=O) groups is 2. The molecule has 2 aliphatic heterocycles. The number of hydrogen-bond donors (Lipinski definition) is 2. The summed E-state index contributed by atoms with van der Waals surface area (Å²) in [6.07, 6.45) is 4.82. The van der Waals surface area contributed by atoms with E-state index in [1.165, 1.54) is 23.8 Å². The Morgan fingerprint density at radius 1 is 1.12 bits per heavy atom. The minimum Gasteiger partial charge on any atom is -0.361 e. The van der Waals surface area contributed by atoms with E-state index < -0.39 is 0 Å². The molecule has 24 heavy (non-hydrogen) atoms. The Morgan fingerprint density at radius 3 is 2.67 bits per heavy atom. The van der Waals surface area contributed by atoms with Crippen molar-refractivity contribution in [2.75, 3.05) is 31.6 Å². The summed E-state index contributed by atoms with van der Waals surface area (Å²) in [6, 6.07) is 5.73. The molecular weight excluding hydrogens is 304 g/mol. The molecule has 2 aromatic rings. The number of amides is 3. The number of carbonyl (C=O) groups excluding carboxylic acids is 2. The molecule has 6 nitrogen and oxygen atoms in total. The number of rotatable bonds is 2. The molecule has 3 amide bonds. The van der Waals surface area contributed by atoms with Crippen LogP contribution in [-0.2, 0) is 4.79 Å². The van der Waals surface area contributed by atoms with E-state index >= 15 is 0 Å². The summed E-state index contributed by atoms with van der Waals surface area (Å²) in [5.41, 5.74) is 3.25. The van der Waals surface area contributed by atoms with Crippen molar-refractivity contribution in [3.63, 3.8) is 0 Å². The van der Waals surface area contributed by atoms with Gasteiger partial charge in [-0.25, -0.2) is 4.79 Å². The van der Waals surface area contributed by atoms with E-state index in [1.807, 2.05) is 12.1 Å². The smallest absolute Gasteiger partial charge is 0.328 e. The topological polar surface area (TPSA) is 68.4 Å². The van der Waals surface area contributed by atoms with Gasteiger partial charge in [0.05, 0.1) is 0 Å². The van der Waals surface area contributed by atoms with Crippen molar-refractivity contribution in [1.29, 1.82) is 0 Å². The van der Waals surface area contributed by atoms with Crippen LogP contribution >= 0.6 is 0 Å². The van der Waals surface area contributed by atoms with E-state index in [2.05, 4.69) is 34.5 Å². The number of benzene rings is 1. The molecule has 2 aliphatic rings. The number of H-pyrrole nitrogens is 1. The van der Waals surface area contributed by atoms with Crippen molar-refractivity contribution in [3.05, 3.63) is 30.0 Å². The predicted molar refractivity (Wildman–Crippen MR) is 93.3 cm³/mol. The molecule has 4 rings (SSSR count). The van der Waals surface area contributed by atoms with Gasteiger partial charge in [-0.3, -0.25) is 15.0 Å². The van der Waals surface area contributed by atoms with Crippen LogP contribution in [-0.4, -0.2) is 48.5 Å². The third kappa shape index (κ3) is 2.67. The van der Waals surface area contributed by atoms with Crippen LogP contribution in [0.15, 0.2) is 24.4 Å². The number of anilines is 1. The maximum absolute atomic E-state index is 12.0. The Labute approximate surface area is 140 Å². The summed E-state index contributed by atoms with van der Waals surface area (Å²) in [6.45, 7) is 2.70. The molecule has 6 heteroatoms. The highest BCUT2D eigenvalue weighted by atomic mass is 16.2. The lowest BCUT2D eigenvalue weighted by atomic mass is 9.89. The van der Waals surface area contributed by atoms with Gasteiger partial charge in [0.15, 0.2) is 0 Å². The largest absolute Gasteiger partial charge is 0.361 e. The monoisotopic (exact) mass is 326 g/mol. The quantitative estimate of drug-likeness (QED) is 0.890. The standard InChI is InChI=1S/C18H22N4O2/c1-21-7-4-12(5-8-21)15-11-19-16-10-13(2-3-14(15)16)22-9-6-17(23)20-18(22)24/h2-3,10-12,19H,4-9H2,1H3,(H,20,23,24). The van der Waals surface area contributed by atoms with Crippen LogP contribution in [0, 0.1) is 0 Å². The van der Waals surface area contributed by atoms with Gasteiger partial charge in [-0.2, -0.15) is 0 Å². The van der Waals surface area contributed by atoms with Gasteiger partial charge in [0, 0.05) is 35.8 Å². The molecule has 126 valence electrons. The van der Waals surface area contributed by atoms with Crippen molar-refractivity contribution in [3.8, 4) is 0 Å². The number of aromatic nitrogens is 1. The molecule has 0 spiro atoms. The number of urea groups is 1. The Balaban J connectivity index is 1.61. The zero-order valence-corrected chi connectivity index (χ0v) is 13.8. The number of likely N-dealkylation sites (tertiary alicyclic amines) is 1. The van der Waals surface area contributed by atoms with Crippen LogP contribution < -0.4 is 10.2 Å². The molecule has 0 saturated carbocycles. The Morgan fingerprint density at radius 2 is 1.92 bits per heavy atom. The normalized spacial score (nSPS) is 20.6. The number of nitrogens with zero attached hydrogens (tertiary/aromatic N) is 2. The zero-order chi connectivity index (χ0) is 16.7. The zero-order valence-electron chi connectivity index (χ0n) is 13.8. The van der Waals surface area contributed by atoms with Crippen LogP contribution in [0.4, 0.5) is 10.5 Å². The molecule has 0 radical (unpaired) electrons. The fourth-order valence-corrected chi connectivity index (χ4v) is 3.77. The van der Waals surface area contributed by atoms with Gasteiger partial charge in [0.1, 0.15) is 0 Å². The van der Waals surface area contributed by atoms with Crippen LogP contribution in [0.5, 0.6) is 0 Å². The van der Waals surface area contributed by atoms with Crippen molar-refractivity contribution in [2.45, 2.75) is 25.2 Å². The van der Waals surface area contributed by atoms with Gasteiger partial charge < -0.3 is 9.88 Å². The van der Waals surface area contributed by atoms with Crippen LogP contribution in [0.1, 0.15) is 30.7 Å². The van der Waals surface area contributed by atoms with Gasteiger partial charge in [0.2, 0.25) is 5.91 Å². The first kappa shape index (κ1) is 15.2. The second-order valence-electron chi connectivity index (χ2n) is 6.81. The number of hydrogen-bond acceptors (Lipinski definition) is 3. The molecule has 0 bridgehead atoms. The molecule has 2 fully saturated rings. The molecule has 0 unspecified atom stereocenters. The summed E-state index contributed by atoms with van der Waals surface area (Å²) in [4.78, 5) is 30.7. The summed E-state index contributed by atoms with van der Waals surface area (Å²) in [5.74, 6) is 0.387. The third-order valence-corrected chi connectivity index (χ3v) is 5.22. The summed E-state index contributed by atoms with van der Waals surface area (Å²) < 4.78 is 0. The van der Waals surface area contributed by atoms with E-state index in [0.29, 0.717) is 18.9 Å². The lowest BCUT2D eigenvalue weighted by molar-refractivity contribution is -0.120. The van der Waals surface area contributed by atoms with E-state index in [-0.39, 0.29) is 11.9 Å². The van der Waals surface area contributed by atoms with Crippen molar-refractivity contribution in [2.24, 2.45) is 0 Å². The fourth-order valence-electron chi connectivity index (χ4n) is 3.77. The number of nitrogens with one attached hydrogen (secondary N) is 2. The highest BCUT2D eigenvalue weighted by molar-refractivity contribution is 6.06. The molecule has 1 aromatic heterocycles. The molecule has 0 aliphatic carbocycles. The maximum atomic E-state index is 12.0. The maximum Gasteiger partial charge on any atom is 0.328 e. The van der Waals surface area contributed by atoms with Crippen LogP contribution in [0.2, 0.25) is 0 Å². The van der Waals surface area contributed by atoms with E-state index in [9.17, 15) is 9.59 Å². The Hall–Kier alpha value is -2.34. The number of imide groups is 1. The SMILES string of the molecule is CN1CCC(c2c[nH]c3cc(N4CCC(=O)NC4=O)ccc23)CC1. The average molecular weight is 326 g/mol. The van der Waals surface area contributed by atoms with E-state index in [4.69, 9.17) is 0 Å². The second-order valence-corrected chi connectivity index (χ2v) is 6.81. The first-order valence-electron chi connectivity index (χ1n) is 8.53. The van der Waals surface area contributed by atoms with E-state index in [0.717, 1.165) is 24.3 Å². The van der Waals surface area contributed by atoms with E-state index in [1.54, 1.807) is 4.90 Å². The van der Waals surface area contributed by atoms with Gasteiger partial charge in [-0.15, -0.1) is 0 Å². The lowest BCUT2D eigenvalue weighted by Gasteiger charge is -2.29. The first-order chi connectivity index (χ1) is 11.6. The van der Waals surface area contributed by atoms with Crippen LogP contribution in [0.25, 0.3) is 10.9 Å². The second kappa shape index (κ2) is 5.94. The fraction of sp³-hybridized carbons (Fsp3) is 0.444.